The van der Waals surface area contributed by atoms with Crippen molar-refractivity contribution in [1.29, 1.82) is 0 Å². The average molecular weight is 425 g/mol. The average Bonchev–Trinajstić information content (AvgIpc) is 2.78. The second kappa shape index (κ2) is 14.5. The second-order valence-electron chi connectivity index (χ2n) is 8.55. The number of amides is 2. The Labute approximate surface area is 188 Å². The second-order valence-corrected chi connectivity index (χ2v) is 8.55. The molecule has 0 saturated carbocycles. The first kappa shape index (κ1) is 24.8. The molecule has 2 amide bonds. The van der Waals surface area contributed by atoms with Crippen molar-refractivity contribution in [2.75, 3.05) is 11.9 Å². The summed E-state index contributed by atoms with van der Waals surface area (Å²) in [4.78, 5) is 12.1. The number of carbonyl (C=O) groups excluding carboxylic acids is 1. The zero-order valence-electron chi connectivity index (χ0n) is 19.6. The third-order valence-electron chi connectivity index (χ3n) is 5.48. The van der Waals surface area contributed by atoms with E-state index in [2.05, 4.69) is 55.7 Å². The molecule has 4 heteroatoms. The van der Waals surface area contributed by atoms with Crippen molar-refractivity contribution < 1.29 is 9.53 Å². The van der Waals surface area contributed by atoms with Crippen LogP contribution in [0, 0.1) is 0 Å². The molecule has 2 N–H and O–H groups in total. The topological polar surface area (TPSA) is 50.4 Å². The van der Waals surface area contributed by atoms with E-state index in [1.165, 1.54) is 50.5 Å². The first-order chi connectivity index (χ1) is 15.1. The SMILES string of the molecule is CCCCCCCCCCOc1ccc(NC(=O)NCc2ccc(C(C)C)cc2)cc1. The lowest BCUT2D eigenvalue weighted by Gasteiger charge is -2.10. The molecule has 31 heavy (non-hydrogen) atoms. The molecular weight excluding hydrogens is 384 g/mol. The van der Waals surface area contributed by atoms with Crippen LogP contribution in [0.2, 0.25) is 0 Å². The molecule has 0 bridgehead atoms. The van der Waals surface area contributed by atoms with E-state index < -0.39 is 0 Å². The summed E-state index contributed by atoms with van der Waals surface area (Å²) in [5.74, 6) is 1.36. The molecule has 0 fully saturated rings. The van der Waals surface area contributed by atoms with Crippen molar-refractivity contribution in [3.8, 4) is 5.75 Å². The zero-order chi connectivity index (χ0) is 22.3. The van der Waals surface area contributed by atoms with Crippen LogP contribution in [0.5, 0.6) is 5.75 Å². The fourth-order valence-corrected chi connectivity index (χ4v) is 3.44. The summed E-state index contributed by atoms with van der Waals surface area (Å²) in [6, 6.07) is 15.7. The summed E-state index contributed by atoms with van der Waals surface area (Å²) in [6.07, 6.45) is 10.4. The third kappa shape index (κ3) is 10.4. The first-order valence-electron chi connectivity index (χ1n) is 11.9. The van der Waals surface area contributed by atoms with Crippen LogP contribution in [0.1, 0.15) is 89.2 Å². The van der Waals surface area contributed by atoms with Gasteiger partial charge in [-0.15, -0.1) is 0 Å². The highest BCUT2D eigenvalue weighted by Crippen LogP contribution is 2.17. The van der Waals surface area contributed by atoms with Crippen LogP contribution in [0.3, 0.4) is 0 Å². The van der Waals surface area contributed by atoms with E-state index in [1.54, 1.807) is 0 Å². The van der Waals surface area contributed by atoms with Gasteiger partial charge in [-0.25, -0.2) is 4.79 Å². The lowest BCUT2D eigenvalue weighted by atomic mass is 10.0. The lowest BCUT2D eigenvalue weighted by molar-refractivity contribution is 0.251. The Kier molecular flexibility index (Phi) is 11.6. The molecule has 170 valence electrons. The van der Waals surface area contributed by atoms with E-state index in [1.807, 2.05) is 24.3 Å². The Bertz CT molecular complexity index is 739. The van der Waals surface area contributed by atoms with Crippen LogP contribution >= 0.6 is 0 Å². The van der Waals surface area contributed by atoms with Gasteiger partial charge in [-0.3, -0.25) is 0 Å². The molecule has 0 aliphatic heterocycles. The van der Waals surface area contributed by atoms with Gasteiger partial charge in [0.05, 0.1) is 6.61 Å². The molecule has 0 unspecified atom stereocenters. The van der Waals surface area contributed by atoms with Crippen molar-refractivity contribution in [2.24, 2.45) is 0 Å². The quantitative estimate of drug-likeness (QED) is 0.306. The maximum absolute atomic E-state index is 12.1. The minimum atomic E-state index is -0.208. The molecule has 2 aromatic carbocycles. The Hall–Kier alpha value is -2.49. The number of hydrogen-bond donors (Lipinski definition) is 2. The van der Waals surface area contributed by atoms with Gasteiger partial charge in [0.2, 0.25) is 0 Å². The number of unbranched alkanes of at least 4 members (excludes halogenated alkanes) is 7. The van der Waals surface area contributed by atoms with Gasteiger partial charge < -0.3 is 15.4 Å². The van der Waals surface area contributed by atoms with Crippen LogP contribution in [-0.4, -0.2) is 12.6 Å². The zero-order valence-corrected chi connectivity index (χ0v) is 19.6. The molecule has 0 aliphatic carbocycles. The normalized spacial score (nSPS) is 10.8. The molecule has 2 aromatic rings. The highest BCUT2D eigenvalue weighted by molar-refractivity contribution is 5.89. The fourth-order valence-electron chi connectivity index (χ4n) is 3.44. The number of hydrogen-bond acceptors (Lipinski definition) is 2. The number of anilines is 1. The van der Waals surface area contributed by atoms with Crippen LogP contribution in [0.15, 0.2) is 48.5 Å². The van der Waals surface area contributed by atoms with Crippen molar-refractivity contribution in [1.82, 2.24) is 5.32 Å². The molecule has 4 nitrogen and oxygen atoms in total. The van der Waals surface area contributed by atoms with Gasteiger partial charge in [0.15, 0.2) is 0 Å². The fraction of sp³-hybridized carbons (Fsp3) is 0.519. The minimum absolute atomic E-state index is 0.208. The number of urea groups is 1. The third-order valence-corrected chi connectivity index (χ3v) is 5.48. The van der Waals surface area contributed by atoms with Crippen LogP contribution in [0.25, 0.3) is 0 Å². The summed E-state index contributed by atoms with van der Waals surface area (Å²) >= 11 is 0. The minimum Gasteiger partial charge on any atom is -0.494 e. The number of benzene rings is 2. The Morgan fingerprint density at radius 3 is 2.06 bits per heavy atom. The number of nitrogens with one attached hydrogen (secondary N) is 2. The van der Waals surface area contributed by atoms with E-state index in [-0.39, 0.29) is 6.03 Å². The predicted molar refractivity (Wildman–Crippen MR) is 131 cm³/mol. The molecule has 0 atom stereocenters. The van der Waals surface area contributed by atoms with E-state index in [0.717, 1.165) is 30.0 Å². The van der Waals surface area contributed by atoms with E-state index in [9.17, 15) is 4.79 Å². The van der Waals surface area contributed by atoms with Gasteiger partial charge in [-0.05, 0) is 47.7 Å². The summed E-state index contributed by atoms with van der Waals surface area (Å²) in [7, 11) is 0. The number of carbonyl (C=O) groups is 1. The molecule has 2 rings (SSSR count). The molecule has 0 spiro atoms. The van der Waals surface area contributed by atoms with Gasteiger partial charge in [-0.1, -0.05) is 90.0 Å². The smallest absolute Gasteiger partial charge is 0.319 e. The molecule has 0 radical (unpaired) electrons. The summed E-state index contributed by atoms with van der Waals surface area (Å²) in [5.41, 5.74) is 3.15. The molecule has 0 heterocycles. The van der Waals surface area contributed by atoms with Crippen molar-refractivity contribution >= 4 is 11.7 Å². The highest BCUT2D eigenvalue weighted by Gasteiger charge is 2.04. The standard InChI is InChI=1S/C27H40N2O2/c1-4-5-6-7-8-9-10-11-20-31-26-18-16-25(17-19-26)29-27(30)28-21-23-12-14-24(15-13-23)22(2)3/h12-19,22H,4-11,20-21H2,1-3H3,(H2,28,29,30). The van der Waals surface area contributed by atoms with Gasteiger partial charge >= 0.3 is 6.03 Å². The summed E-state index contributed by atoms with van der Waals surface area (Å²) in [5, 5.41) is 5.77. The van der Waals surface area contributed by atoms with Crippen LogP contribution in [0.4, 0.5) is 10.5 Å². The van der Waals surface area contributed by atoms with Crippen LogP contribution in [-0.2, 0) is 6.54 Å². The molecule has 0 aliphatic rings. The predicted octanol–water partition coefficient (Wildman–Crippen LogP) is 7.65. The van der Waals surface area contributed by atoms with E-state index in [0.29, 0.717) is 12.5 Å². The van der Waals surface area contributed by atoms with Gasteiger partial charge in [0.25, 0.3) is 0 Å². The maximum atomic E-state index is 12.1. The first-order valence-corrected chi connectivity index (χ1v) is 11.9. The number of rotatable bonds is 14. The van der Waals surface area contributed by atoms with Gasteiger partial charge in [0, 0.05) is 12.2 Å². The van der Waals surface area contributed by atoms with Crippen LogP contribution < -0.4 is 15.4 Å². The largest absolute Gasteiger partial charge is 0.494 e. The van der Waals surface area contributed by atoms with Gasteiger partial charge in [0.1, 0.15) is 5.75 Å². The van der Waals surface area contributed by atoms with E-state index >= 15 is 0 Å². The highest BCUT2D eigenvalue weighted by atomic mass is 16.5. The van der Waals surface area contributed by atoms with Crippen molar-refractivity contribution in [3.05, 3.63) is 59.7 Å². The number of ether oxygens (including phenoxy) is 1. The Morgan fingerprint density at radius 1 is 0.839 bits per heavy atom. The summed E-state index contributed by atoms with van der Waals surface area (Å²) < 4.78 is 5.81. The Morgan fingerprint density at radius 2 is 1.45 bits per heavy atom. The maximum Gasteiger partial charge on any atom is 0.319 e. The molecular formula is C27H40N2O2. The monoisotopic (exact) mass is 424 g/mol. The lowest BCUT2D eigenvalue weighted by Crippen LogP contribution is -2.28. The van der Waals surface area contributed by atoms with Crippen molar-refractivity contribution in [2.45, 2.75) is 84.6 Å². The Balaban J connectivity index is 1.60. The van der Waals surface area contributed by atoms with Crippen molar-refractivity contribution in [3.63, 3.8) is 0 Å². The molecule has 0 saturated heterocycles. The molecule has 0 aromatic heterocycles. The van der Waals surface area contributed by atoms with E-state index in [4.69, 9.17) is 4.74 Å². The summed E-state index contributed by atoms with van der Waals surface area (Å²) in [6.45, 7) is 7.85. The van der Waals surface area contributed by atoms with Gasteiger partial charge in [-0.2, -0.15) is 0 Å².